The first kappa shape index (κ1) is 15.7. The predicted octanol–water partition coefficient (Wildman–Crippen LogP) is 4.48. The number of aryl methyl sites for hydroxylation is 1. The molecule has 2 aromatic carbocycles. The minimum Gasteiger partial charge on any atom is -0.299 e. The number of hydrogen-bond donors (Lipinski definition) is 0. The van der Waals surface area contributed by atoms with Crippen molar-refractivity contribution in [2.45, 2.75) is 32.7 Å². The zero-order valence-electron chi connectivity index (χ0n) is 13.1. The van der Waals surface area contributed by atoms with Crippen molar-refractivity contribution in [3.8, 4) is 0 Å². The van der Waals surface area contributed by atoms with E-state index >= 15 is 0 Å². The highest BCUT2D eigenvalue weighted by molar-refractivity contribution is 7.16. The van der Waals surface area contributed by atoms with Gasteiger partial charge in [-0.1, -0.05) is 61.4 Å². The van der Waals surface area contributed by atoms with Gasteiger partial charge in [0.1, 0.15) is 0 Å². The van der Waals surface area contributed by atoms with Crippen molar-refractivity contribution in [1.82, 2.24) is 4.57 Å². The quantitative estimate of drug-likeness (QED) is 0.495. The number of unbranched alkanes of at least 4 members (excludes halogenated alkanes) is 2. The molecule has 0 N–H and O–H groups in total. The summed E-state index contributed by atoms with van der Waals surface area (Å²) >= 11 is 1.22. The number of fused-ring (bicyclic) bond motifs is 1. The molecule has 1 heterocycles. The lowest BCUT2D eigenvalue weighted by atomic mass is 10.0. The Morgan fingerprint density at radius 2 is 1.83 bits per heavy atom. The molecule has 23 heavy (non-hydrogen) atoms. The molecule has 0 bridgehead atoms. The number of thiazole rings is 1. The summed E-state index contributed by atoms with van der Waals surface area (Å²) in [6, 6.07) is 14.8. The smallest absolute Gasteiger partial charge is 0.299 e. The molecule has 0 spiro atoms. The molecule has 0 aliphatic rings. The van der Waals surface area contributed by atoms with Crippen LogP contribution in [0.3, 0.4) is 0 Å². The van der Waals surface area contributed by atoms with E-state index in [9.17, 15) is 9.59 Å². The lowest BCUT2D eigenvalue weighted by molar-refractivity contribution is 0.103. The third kappa shape index (κ3) is 3.27. The van der Waals surface area contributed by atoms with Crippen molar-refractivity contribution < 1.29 is 4.79 Å². The van der Waals surface area contributed by atoms with Crippen LogP contribution in [0.5, 0.6) is 0 Å². The molecule has 3 aromatic rings. The molecule has 0 amide bonds. The Kier molecular flexibility index (Phi) is 4.72. The Labute approximate surface area is 139 Å². The van der Waals surface area contributed by atoms with Crippen LogP contribution in [-0.4, -0.2) is 10.4 Å². The molecule has 0 saturated carbocycles. The topological polar surface area (TPSA) is 39.1 Å². The van der Waals surface area contributed by atoms with Crippen molar-refractivity contribution in [3.63, 3.8) is 0 Å². The molecule has 118 valence electrons. The summed E-state index contributed by atoms with van der Waals surface area (Å²) in [5.41, 5.74) is 2.23. The van der Waals surface area contributed by atoms with Gasteiger partial charge in [-0.15, -0.1) is 0 Å². The van der Waals surface area contributed by atoms with E-state index in [-0.39, 0.29) is 10.7 Å². The summed E-state index contributed by atoms with van der Waals surface area (Å²) < 4.78 is 2.71. The third-order valence-electron chi connectivity index (χ3n) is 3.95. The van der Waals surface area contributed by atoms with E-state index in [1.807, 2.05) is 53.1 Å². The summed E-state index contributed by atoms with van der Waals surface area (Å²) in [7, 11) is 0. The van der Waals surface area contributed by atoms with Gasteiger partial charge >= 0.3 is 4.87 Å². The minimum absolute atomic E-state index is 0.00844. The fourth-order valence-electron chi connectivity index (χ4n) is 2.70. The average Bonchev–Trinajstić information content (AvgIpc) is 2.90. The zero-order valence-corrected chi connectivity index (χ0v) is 13.9. The van der Waals surface area contributed by atoms with Crippen molar-refractivity contribution in [1.29, 1.82) is 0 Å². The number of nitrogens with zero attached hydrogens (tertiary/aromatic N) is 1. The average molecular weight is 325 g/mol. The fraction of sp³-hybridized carbons (Fsp3) is 0.263. The summed E-state index contributed by atoms with van der Waals surface area (Å²) in [6.07, 6.45) is 3.26. The van der Waals surface area contributed by atoms with Gasteiger partial charge < -0.3 is 0 Å². The Bertz CT molecular complexity index is 877. The first-order chi connectivity index (χ1) is 11.2. The van der Waals surface area contributed by atoms with Crippen molar-refractivity contribution in [3.05, 3.63) is 69.3 Å². The maximum atomic E-state index is 12.5. The number of hydrogen-bond acceptors (Lipinski definition) is 3. The van der Waals surface area contributed by atoms with Gasteiger partial charge in [-0.05, 0) is 24.6 Å². The van der Waals surface area contributed by atoms with E-state index in [2.05, 4.69) is 6.92 Å². The molecule has 0 saturated heterocycles. The predicted molar refractivity (Wildman–Crippen MR) is 95.5 cm³/mol. The van der Waals surface area contributed by atoms with Crippen LogP contribution in [0.25, 0.3) is 10.2 Å². The van der Waals surface area contributed by atoms with Crippen molar-refractivity contribution in [2.24, 2.45) is 0 Å². The Morgan fingerprint density at radius 1 is 1.04 bits per heavy atom. The fourth-order valence-corrected chi connectivity index (χ4v) is 3.65. The number of carbonyl (C=O) groups excluding carboxylic acids is 1. The molecule has 3 rings (SSSR count). The Morgan fingerprint density at radius 3 is 2.57 bits per heavy atom. The number of rotatable bonds is 6. The standard InChI is InChI=1S/C19H19NO2S/c1-2-3-7-12-20-16-11-10-15(13-17(16)23-19(20)22)18(21)14-8-5-4-6-9-14/h4-6,8-11,13H,2-3,7,12H2,1H3. The molecule has 0 atom stereocenters. The molecule has 1 aromatic heterocycles. The Hall–Kier alpha value is -2.20. The van der Waals surface area contributed by atoms with Crippen molar-refractivity contribution in [2.75, 3.05) is 0 Å². The lowest BCUT2D eigenvalue weighted by Crippen LogP contribution is -2.12. The van der Waals surface area contributed by atoms with Crippen LogP contribution in [0.4, 0.5) is 0 Å². The molecule has 4 heteroatoms. The second-order valence-corrected chi connectivity index (χ2v) is 6.60. The number of carbonyl (C=O) groups is 1. The second kappa shape index (κ2) is 6.92. The van der Waals surface area contributed by atoms with Gasteiger partial charge in [-0.3, -0.25) is 14.2 Å². The van der Waals surface area contributed by atoms with Crippen LogP contribution < -0.4 is 4.87 Å². The molecule has 0 fully saturated rings. The van der Waals surface area contributed by atoms with Crippen LogP contribution in [0, 0.1) is 0 Å². The number of ketones is 1. The first-order valence-electron chi connectivity index (χ1n) is 7.94. The van der Waals surface area contributed by atoms with Crippen LogP contribution in [0.2, 0.25) is 0 Å². The zero-order chi connectivity index (χ0) is 16.2. The molecular weight excluding hydrogens is 306 g/mol. The van der Waals surface area contributed by atoms with E-state index in [0.29, 0.717) is 11.1 Å². The van der Waals surface area contributed by atoms with Crippen LogP contribution in [0.1, 0.15) is 42.1 Å². The SMILES string of the molecule is CCCCCn1c(=O)sc2cc(C(=O)c3ccccc3)ccc21. The van der Waals surface area contributed by atoms with Crippen molar-refractivity contribution >= 4 is 27.3 Å². The van der Waals surface area contributed by atoms with Gasteiger partial charge in [0.2, 0.25) is 0 Å². The highest BCUT2D eigenvalue weighted by atomic mass is 32.1. The normalized spacial score (nSPS) is 11.0. The Balaban J connectivity index is 1.94. The molecular formula is C19H19NO2S. The van der Waals surface area contributed by atoms with E-state index in [1.165, 1.54) is 11.3 Å². The van der Waals surface area contributed by atoms with Gasteiger partial charge in [-0.2, -0.15) is 0 Å². The van der Waals surface area contributed by atoms with Gasteiger partial charge in [0.25, 0.3) is 0 Å². The van der Waals surface area contributed by atoms with Gasteiger partial charge in [-0.25, -0.2) is 0 Å². The summed E-state index contributed by atoms with van der Waals surface area (Å²) in [5, 5.41) is 0. The molecule has 0 aliphatic carbocycles. The monoisotopic (exact) mass is 325 g/mol. The van der Waals surface area contributed by atoms with E-state index < -0.39 is 0 Å². The largest absolute Gasteiger partial charge is 0.308 e. The summed E-state index contributed by atoms with van der Waals surface area (Å²) in [6.45, 7) is 2.90. The number of benzene rings is 2. The van der Waals surface area contributed by atoms with Gasteiger partial charge in [0.15, 0.2) is 5.78 Å². The molecule has 0 unspecified atom stereocenters. The second-order valence-electron chi connectivity index (χ2n) is 5.60. The van der Waals surface area contributed by atoms with Crippen LogP contribution in [-0.2, 0) is 6.54 Å². The molecule has 0 aliphatic heterocycles. The molecule has 3 nitrogen and oxygen atoms in total. The lowest BCUT2D eigenvalue weighted by Gasteiger charge is -2.04. The van der Waals surface area contributed by atoms with Crippen LogP contribution in [0.15, 0.2) is 53.3 Å². The maximum Gasteiger partial charge on any atom is 0.308 e. The summed E-state index contributed by atoms with van der Waals surface area (Å²) in [5.74, 6) is -0.00844. The first-order valence-corrected chi connectivity index (χ1v) is 8.75. The maximum absolute atomic E-state index is 12.5. The molecule has 0 radical (unpaired) electrons. The third-order valence-corrected chi connectivity index (χ3v) is 4.89. The minimum atomic E-state index is -0.00844. The van der Waals surface area contributed by atoms with E-state index in [4.69, 9.17) is 0 Å². The van der Waals surface area contributed by atoms with Crippen LogP contribution >= 0.6 is 11.3 Å². The van der Waals surface area contributed by atoms with E-state index in [1.54, 1.807) is 0 Å². The highest BCUT2D eigenvalue weighted by Crippen LogP contribution is 2.21. The van der Waals surface area contributed by atoms with Gasteiger partial charge in [0.05, 0.1) is 10.2 Å². The van der Waals surface area contributed by atoms with Gasteiger partial charge in [0, 0.05) is 17.7 Å². The number of aromatic nitrogens is 1. The highest BCUT2D eigenvalue weighted by Gasteiger charge is 2.12. The summed E-state index contributed by atoms with van der Waals surface area (Å²) in [4.78, 5) is 24.7. The van der Waals surface area contributed by atoms with E-state index in [0.717, 1.165) is 36.0 Å².